The first-order valence-corrected chi connectivity index (χ1v) is 9.15. The zero-order valence-electron chi connectivity index (χ0n) is 14.2. The van der Waals surface area contributed by atoms with Gasteiger partial charge in [0.2, 0.25) is 5.91 Å². The summed E-state index contributed by atoms with van der Waals surface area (Å²) < 4.78 is 0. The molecule has 0 saturated heterocycles. The number of amides is 2. The van der Waals surface area contributed by atoms with E-state index in [1.807, 2.05) is 24.4 Å². The van der Waals surface area contributed by atoms with E-state index in [1.54, 1.807) is 28.5 Å². The van der Waals surface area contributed by atoms with Crippen molar-refractivity contribution in [3.63, 3.8) is 0 Å². The molecule has 2 rings (SSSR count). The van der Waals surface area contributed by atoms with Crippen LogP contribution in [0.1, 0.15) is 41.3 Å². The molecule has 5 nitrogen and oxygen atoms in total. The molecule has 6 heteroatoms. The van der Waals surface area contributed by atoms with Crippen LogP contribution in [0, 0.1) is 11.3 Å². The lowest BCUT2D eigenvalue weighted by Crippen LogP contribution is -2.34. The molecule has 2 amide bonds. The first-order chi connectivity index (χ1) is 12.1. The summed E-state index contributed by atoms with van der Waals surface area (Å²) in [5, 5.41) is 15.3. The average Bonchev–Trinajstić information content (AvgIpc) is 3.16. The van der Waals surface area contributed by atoms with Crippen LogP contribution < -0.4 is 5.32 Å². The molecule has 0 fully saturated rings. The number of nitrogens with zero attached hydrogens (tertiary/aromatic N) is 2. The Kier molecular flexibility index (Phi) is 7.17. The van der Waals surface area contributed by atoms with Gasteiger partial charge >= 0.3 is 0 Å². The van der Waals surface area contributed by atoms with E-state index in [-0.39, 0.29) is 18.2 Å². The number of nitrogens with one attached hydrogen (secondary N) is 1. The molecule has 130 valence electrons. The van der Waals surface area contributed by atoms with Gasteiger partial charge in [0.05, 0.1) is 11.6 Å². The molecule has 0 unspecified atom stereocenters. The number of carbonyl (C=O) groups excluding carboxylic acids is 2. The van der Waals surface area contributed by atoms with E-state index in [4.69, 9.17) is 5.26 Å². The Hall–Kier alpha value is -2.65. The number of carbonyl (C=O) groups is 2. The largest absolute Gasteiger partial charge is 0.351 e. The highest BCUT2D eigenvalue weighted by Crippen LogP contribution is 2.09. The number of hydrogen-bond donors (Lipinski definition) is 1. The molecule has 25 heavy (non-hydrogen) atoms. The van der Waals surface area contributed by atoms with Crippen molar-refractivity contribution >= 4 is 23.2 Å². The number of benzene rings is 1. The monoisotopic (exact) mass is 355 g/mol. The molecule has 0 aliphatic heterocycles. The first-order valence-electron chi connectivity index (χ1n) is 8.21. The van der Waals surface area contributed by atoms with Gasteiger partial charge in [0, 0.05) is 37.0 Å². The van der Waals surface area contributed by atoms with Gasteiger partial charge in [-0.2, -0.15) is 16.6 Å². The van der Waals surface area contributed by atoms with Gasteiger partial charge in [-0.1, -0.05) is 19.1 Å². The van der Waals surface area contributed by atoms with Gasteiger partial charge in [-0.3, -0.25) is 9.59 Å². The maximum atomic E-state index is 12.5. The summed E-state index contributed by atoms with van der Waals surface area (Å²) in [4.78, 5) is 26.1. The van der Waals surface area contributed by atoms with Crippen molar-refractivity contribution in [2.75, 3.05) is 13.1 Å². The molecular weight excluding hydrogens is 334 g/mol. The summed E-state index contributed by atoms with van der Waals surface area (Å²) in [7, 11) is 0. The third kappa shape index (κ3) is 5.73. The molecule has 0 bridgehead atoms. The summed E-state index contributed by atoms with van der Waals surface area (Å²) in [5.41, 5.74) is 2.22. The second-order valence-corrected chi connectivity index (χ2v) is 6.42. The zero-order valence-corrected chi connectivity index (χ0v) is 15.0. The van der Waals surface area contributed by atoms with Crippen molar-refractivity contribution < 1.29 is 9.59 Å². The molecule has 1 aromatic heterocycles. The van der Waals surface area contributed by atoms with E-state index in [1.165, 1.54) is 11.3 Å². The quantitative estimate of drug-likeness (QED) is 0.790. The molecule has 0 aliphatic carbocycles. The van der Waals surface area contributed by atoms with E-state index in [0.717, 1.165) is 12.0 Å². The predicted octanol–water partition coefficient (Wildman–Crippen LogP) is 3.18. The Balaban J connectivity index is 1.86. The van der Waals surface area contributed by atoms with Crippen LogP contribution in [0.15, 0.2) is 41.1 Å². The fourth-order valence-electron chi connectivity index (χ4n) is 2.40. The Labute approximate surface area is 151 Å². The van der Waals surface area contributed by atoms with Gasteiger partial charge in [-0.05, 0) is 35.6 Å². The van der Waals surface area contributed by atoms with E-state index in [0.29, 0.717) is 30.8 Å². The molecule has 2 aromatic rings. The molecular formula is C19H21N3O2S. The van der Waals surface area contributed by atoms with E-state index < -0.39 is 0 Å². The van der Waals surface area contributed by atoms with Gasteiger partial charge in [-0.25, -0.2) is 0 Å². The summed E-state index contributed by atoms with van der Waals surface area (Å²) >= 11 is 1.47. The lowest BCUT2D eigenvalue weighted by atomic mass is 10.1. The van der Waals surface area contributed by atoms with Crippen LogP contribution >= 0.6 is 11.3 Å². The van der Waals surface area contributed by atoms with Crippen LogP contribution in [0.4, 0.5) is 0 Å². The van der Waals surface area contributed by atoms with Gasteiger partial charge in [0.15, 0.2) is 0 Å². The molecule has 0 atom stereocenters. The average molecular weight is 355 g/mol. The topological polar surface area (TPSA) is 73.2 Å². The van der Waals surface area contributed by atoms with Gasteiger partial charge in [0.1, 0.15) is 0 Å². The molecule has 0 spiro atoms. The molecule has 0 radical (unpaired) electrons. The Morgan fingerprint density at radius 2 is 2.00 bits per heavy atom. The maximum Gasteiger partial charge on any atom is 0.252 e. The normalized spacial score (nSPS) is 10.1. The van der Waals surface area contributed by atoms with Crippen LogP contribution in [0.3, 0.4) is 0 Å². The predicted molar refractivity (Wildman–Crippen MR) is 98.1 cm³/mol. The smallest absolute Gasteiger partial charge is 0.252 e. The van der Waals surface area contributed by atoms with Gasteiger partial charge in [0.25, 0.3) is 5.91 Å². The highest BCUT2D eigenvalue weighted by atomic mass is 32.1. The fourth-order valence-corrected chi connectivity index (χ4v) is 3.04. The summed E-state index contributed by atoms with van der Waals surface area (Å²) in [6.07, 6.45) is 1.13. The second kappa shape index (κ2) is 9.60. The van der Waals surface area contributed by atoms with Crippen molar-refractivity contribution in [1.29, 1.82) is 5.26 Å². The van der Waals surface area contributed by atoms with E-state index in [2.05, 4.69) is 11.4 Å². The van der Waals surface area contributed by atoms with E-state index >= 15 is 0 Å². The van der Waals surface area contributed by atoms with Crippen LogP contribution in [0.2, 0.25) is 0 Å². The fraction of sp³-hybridized carbons (Fsp3) is 0.316. The maximum absolute atomic E-state index is 12.5. The molecule has 1 N–H and O–H groups in total. The van der Waals surface area contributed by atoms with Crippen LogP contribution in [0.25, 0.3) is 0 Å². The number of hydrogen-bond acceptors (Lipinski definition) is 4. The van der Waals surface area contributed by atoms with Crippen molar-refractivity contribution in [3.05, 3.63) is 57.8 Å². The SMILES string of the molecule is CCCN(Cc1ccc(C#N)cc1)C(=O)CCNC(=O)c1ccsc1. The van der Waals surface area contributed by atoms with Crippen LogP contribution in [-0.2, 0) is 11.3 Å². The number of nitriles is 1. The summed E-state index contributed by atoms with van der Waals surface area (Å²) in [6, 6.07) is 11.1. The minimum absolute atomic E-state index is 0.0110. The van der Waals surface area contributed by atoms with E-state index in [9.17, 15) is 9.59 Å². The molecule has 1 heterocycles. The number of thiophene rings is 1. The first kappa shape index (κ1) is 18.7. The van der Waals surface area contributed by atoms with Crippen molar-refractivity contribution in [2.24, 2.45) is 0 Å². The molecule has 0 aliphatic rings. The highest BCUT2D eigenvalue weighted by molar-refractivity contribution is 7.08. The van der Waals surface area contributed by atoms with Crippen molar-refractivity contribution in [1.82, 2.24) is 10.2 Å². The Bertz CT molecular complexity index is 733. The van der Waals surface area contributed by atoms with Gasteiger partial charge in [-0.15, -0.1) is 0 Å². The standard InChI is InChI=1S/C19H21N3O2S/c1-2-10-22(13-16-5-3-15(12-20)4-6-16)18(23)7-9-21-19(24)17-8-11-25-14-17/h3-6,8,11,14H,2,7,9-10,13H2,1H3,(H,21,24). The molecule has 0 saturated carbocycles. The third-order valence-electron chi connectivity index (χ3n) is 3.71. The lowest BCUT2D eigenvalue weighted by molar-refractivity contribution is -0.131. The van der Waals surface area contributed by atoms with Gasteiger partial charge < -0.3 is 10.2 Å². The zero-order chi connectivity index (χ0) is 18.1. The van der Waals surface area contributed by atoms with Crippen LogP contribution in [0.5, 0.6) is 0 Å². The van der Waals surface area contributed by atoms with Crippen molar-refractivity contribution in [3.8, 4) is 6.07 Å². The highest BCUT2D eigenvalue weighted by Gasteiger charge is 2.14. The lowest BCUT2D eigenvalue weighted by Gasteiger charge is -2.22. The second-order valence-electron chi connectivity index (χ2n) is 5.64. The molecule has 1 aromatic carbocycles. The Morgan fingerprint density at radius 3 is 2.60 bits per heavy atom. The summed E-state index contributed by atoms with van der Waals surface area (Å²) in [6.45, 7) is 3.52. The summed E-state index contributed by atoms with van der Waals surface area (Å²) in [5.74, 6) is -0.139. The number of rotatable bonds is 8. The Morgan fingerprint density at radius 1 is 1.24 bits per heavy atom. The minimum Gasteiger partial charge on any atom is -0.351 e. The third-order valence-corrected chi connectivity index (χ3v) is 4.39. The minimum atomic E-state index is -0.150. The van der Waals surface area contributed by atoms with Crippen molar-refractivity contribution in [2.45, 2.75) is 26.3 Å². The van der Waals surface area contributed by atoms with Crippen LogP contribution in [-0.4, -0.2) is 29.8 Å².